The molecule has 1 saturated heterocycles. The lowest BCUT2D eigenvalue weighted by Crippen LogP contribution is -2.51. The van der Waals surface area contributed by atoms with Gasteiger partial charge in [-0.3, -0.25) is 15.1 Å². The van der Waals surface area contributed by atoms with Crippen LogP contribution in [0.15, 0.2) is 48.8 Å². The third-order valence-corrected chi connectivity index (χ3v) is 5.26. The number of hydrogen-bond donors (Lipinski definition) is 4. The molecule has 1 aliphatic rings. The monoisotopic (exact) mass is 400 g/mol. The normalized spacial score (nSPS) is 16.6. The van der Waals surface area contributed by atoms with E-state index in [-0.39, 0.29) is 0 Å². The van der Waals surface area contributed by atoms with Crippen molar-refractivity contribution in [3.05, 3.63) is 54.5 Å². The number of nitrogens with one attached hydrogen (secondary N) is 4. The number of pyridine rings is 3. The van der Waals surface area contributed by atoms with E-state index < -0.39 is 0 Å². The standard InChI is InChI=1S/C22H24N8/c1-14-3-2-4-20(28-14)22-17(13-27-30-22)18-5-6-19-21(29-18)9-15(11-26-19)25-12-16-10-23-7-8-24-16/h2-6,9,11,13,16,23-25H,7-8,10,12H2,1H3,(H,27,30). The first-order valence-corrected chi connectivity index (χ1v) is 10.2. The molecule has 5 heterocycles. The fourth-order valence-electron chi connectivity index (χ4n) is 3.71. The summed E-state index contributed by atoms with van der Waals surface area (Å²) in [7, 11) is 0. The van der Waals surface area contributed by atoms with Crippen LogP contribution in [-0.4, -0.2) is 57.4 Å². The fourth-order valence-corrected chi connectivity index (χ4v) is 3.71. The Balaban J connectivity index is 1.43. The molecule has 1 aliphatic heterocycles. The van der Waals surface area contributed by atoms with Gasteiger partial charge in [0.1, 0.15) is 5.69 Å². The Morgan fingerprint density at radius 3 is 2.90 bits per heavy atom. The van der Waals surface area contributed by atoms with Crippen molar-refractivity contribution < 1.29 is 0 Å². The van der Waals surface area contributed by atoms with Crippen molar-refractivity contribution in [2.75, 3.05) is 31.5 Å². The topological polar surface area (TPSA) is 103 Å². The van der Waals surface area contributed by atoms with Crippen LogP contribution in [0.25, 0.3) is 33.7 Å². The van der Waals surface area contributed by atoms with Crippen molar-refractivity contribution in [1.29, 1.82) is 0 Å². The van der Waals surface area contributed by atoms with Gasteiger partial charge in [-0.05, 0) is 37.3 Å². The second-order valence-electron chi connectivity index (χ2n) is 7.51. The van der Waals surface area contributed by atoms with Crippen molar-refractivity contribution in [1.82, 2.24) is 35.8 Å². The van der Waals surface area contributed by atoms with Gasteiger partial charge in [-0.25, -0.2) is 4.98 Å². The third-order valence-electron chi connectivity index (χ3n) is 5.26. The Labute approximate surface area is 174 Å². The predicted octanol–water partition coefficient (Wildman–Crippen LogP) is 2.36. The van der Waals surface area contributed by atoms with Gasteiger partial charge in [0, 0.05) is 49.7 Å². The zero-order chi connectivity index (χ0) is 20.3. The number of aromatic amines is 1. The van der Waals surface area contributed by atoms with Crippen LogP contribution in [0, 0.1) is 6.92 Å². The molecule has 8 heteroatoms. The van der Waals surface area contributed by atoms with E-state index >= 15 is 0 Å². The van der Waals surface area contributed by atoms with Crippen molar-refractivity contribution >= 4 is 16.7 Å². The number of piperazine rings is 1. The predicted molar refractivity (Wildman–Crippen MR) is 118 cm³/mol. The van der Waals surface area contributed by atoms with Gasteiger partial charge in [0.15, 0.2) is 0 Å². The molecule has 4 N–H and O–H groups in total. The lowest BCUT2D eigenvalue weighted by atomic mass is 10.1. The molecular weight excluding hydrogens is 376 g/mol. The van der Waals surface area contributed by atoms with Gasteiger partial charge in [0.05, 0.1) is 34.3 Å². The molecule has 1 unspecified atom stereocenters. The van der Waals surface area contributed by atoms with E-state index in [1.807, 2.05) is 55.7 Å². The van der Waals surface area contributed by atoms with E-state index in [1.54, 1.807) is 0 Å². The third kappa shape index (κ3) is 3.87. The van der Waals surface area contributed by atoms with Gasteiger partial charge in [-0.2, -0.15) is 5.10 Å². The summed E-state index contributed by atoms with van der Waals surface area (Å²) >= 11 is 0. The number of rotatable bonds is 5. The van der Waals surface area contributed by atoms with Gasteiger partial charge in [-0.15, -0.1) is 0 Å². The minimum absolute atomic E-state index is 0.407. The average molecular weight is 400 g/mol. The molecule has 1 atom stereocenters. The summed E-state index contributed by atoms with van der Waals surface area (Å²) in [4.78, 5) is 14.0. The van der Waals surface area contributed by atoms with Crippen LogP contribution < -0.4 is 16.0 Å². The van der Waals surface area contributed by atoms with Crippen LogP contribution in [0.2, 0.25) is 0 Å². The largest absolute Gasteiger partial charge is 0.382 e. The second kappa shape index (κ2) is 8.17. The van der Waals surface area contributed by atoms with Crippen molar-refractivity contribution in [2.45, 2.75) is 13.0 Å². The molecule has 0 radical (unpaired) electrons. The molecule has 4 aromatic rings. The smallest absolute Gasteiger partial charge is 0.120 e. The van der Waals surface area contributed by atoms with E-state index in [2.05, 4.69) is 36.1 Å². The lowest BCUT2D eigenvalue weighted by molar-refractivity contribution is 0.431. The van der Waals surface area contributed by atoms with Crippen LogP contribution >= 0.6 is 0 Å². The maximum Gasteiger partial charge on any atom is 0.120 e. The molecule has 1 fully saturated rings. The second-order valence-corrected chi connectivity index (χ2v) is 7.51. The maximum atomic E-state index is 4.86. The summed E-state index contributed by atoms with van der Waals surface area (Å²) in [6.45, 7) is 5.80. The molecular formula is C22H24N8. The fraction of sp³-hybridized carbons (Fsp3) is 0.273. The van der Waals surface area contributed by atoms with Gasteiger partial charge in [0.25, 0.3) is 0 Å². The molecule has 0 aromatic carbocycles. The molecule has 0 bridgehead atoms. The van der Waals surface area contributed by atoms with E-state index in [1.165, 1.54) is 0 Å². The Morgan fingerprint density at radius 1 is 1.07 bits per heavy atom. The quantitative estimate of drug-likeness (QED) is 0.408. The molecule has 0 spiro atoms. The van der Waals surface area contributed by atoms with Gasteiger partial charge in [-0.1, -0.05) is 6.07 Å². The van der Waals surface area contributed by atoms with Crippen molar-refractivity contribution in [2.24, 2.45) is 0 Å². The van der Waals surface area contributed by atoms with E-state index in [0.29, 0.717) is 6.04 Å². The first-order valence-electron chi connectivity index (χ1n) is 10.2. The highest BCUT2D eigenvalue weighted by atomic mass is 15.1. The van der Waals surface area contributed by atoms with Crippen molar-refractivity contribution in [3.8, 4) is 22.6 Å². The summed E-state index contributed by atoms with van der Waals surface area (Å²) in [5, 5.41) is 17.7. The first-order chi connectivity index (χ1) is 14.8. The number of fused-ring (bicyclic) bond motifs is 1. The van der Waals surface area contributed by atoms with E-state index in [4.69, 9.17) is 4.98 Å². The van der Waals surface area contributed by atoms with E-state index in [0.717, 1.165) is 71.2 Å². The van der Waals surface area contributed by atoms with Crippen LogP contribution in [0.3, 0.4) is 0 Å². The highest BCUT2D eigenvalue weighted by molar-refractivity contribution is 5.83. The summed E-state index contributed by atoms with van der Waals surface area (Å²) in [6, 6.07) is 12.4. The van der Waals surface area contributed by atoms with Gasteiger partial charge in [0.2, 0.25) is 0 Å². The highest BCUT2D eigenvalue weighted by Crippen LogP contribution is 2.29. The zero-order valence-electron chi connectivity index (χ0n) is 16.8. The minimum Gasteiger partial charge on any atom is -0.382 e. The van der Waals surface area contributed by atoms with Crippen LogP contribution in [0.5, 0.6) is 0 Å². The lowest BCUT2D eigenvalue weighted by Gasteiger charge is -2.25. The Kier molecular flexibility index (Phi) is 5.08. The van der Waals surface area contributed by atoms with Crippen LogP contribution in [0.1, 0.15) is 5.69 Å². The summed E-state index contributed by atoms with van der Waals surface area (Å²) in [5.41, 5.74) is 7.01. The highest BCUT2D eigenvalue weighted by Gasteiger charge is 2.15. The number of hydrogen-bond acceptors (Lipinski definition) is 7. The Hall–Kier alpha value is -3.36. The van der Waals surface area contributed by atoms with Crippen LogP contribution in [0.4, 0.5) is 5.69 Å². The van der Waals surface area contributed by atoms with E-state index in [9.17, 15) is 0 Å². The maximum absolute atomic E-state index is 4.86. The molecule has 0 amide bonds. The summed E-state index contributed by atoms with van der Waals surface area (Å²) in [6.07, 6.45) is 3.73. The minimum atomic E-state index is 0.407. The van der Waals surface area contributed by atoms with Crippen LogP contribution in [-0.2, 0) is 0 Å². The molecule has 8 nitrogen and oxygen atoms in total. The zero-order valence-corrected chi connectivity index (χ0v) is 16.8. The number of H-pyrrole nitrogens is 1. The molecule has 30 heavy (non-hydrogen) atoms. The number of nitrogens with zero attached hydrogens (tertiary/aromatic N) is 4. The molecule has 152 valence electrons. The molecule has 0 saturated carbocycles. The van der Waals surface area contributed by atoms with Gasteiger partial charge < -0.3 is 16.0 Å². The number of aromatic nitrogens is 5. The average Bonchev–Trinajstić information content (AvgIpc) is 3.28. The molecule has 5 rings (SSSR count). The SMILES string of the molecule is Cc1cccc(-c2n[nH]cc2-c2ccc3ncc(NCC4CNCCN4)cc3n2)n1. The summed E-state index contributed by atoms with van der Waals surface area (Å²) < 4.78 is 0. The van der Waals surface area contributed by atoms with Gasteiger partial charge >= 0.3 is 0 Å². The first kappa shape index (κ1) is 18.7. The Morgan fingerprint density at radius 2 is 2.03 bits per heavy atom. The number of aryl methyl sites for hydroxylation is 1. The molecule has 0 aliphatic carbocycles. The molecule has 4 aromatic heterocycles. The van der Waals surface area contributed by atoms with Crippen molar-refractivity contribution in [3.63, 3.8) is 0 Å². The number of anilines is 1. The summed E-state index contributed by atoms with van der Waals surface area (Å²) in [5.74, 6) is 0. The Bertz CT molecular complexity index is 1160.